The van der Waals surface area contributed by atoms with Crippen LogP contribution in [0.3, 0.4) is 0 Å². The molecule has 1 heterocycles. The van der Waals surface area contributed by atoms with E-state index in [9.17, 15) is 18.4 Å². The standard InChI is InChI=1S/C24H24F2N2O2/c1-13(2)24(30)28-20-7-5-4-6-18(20)27-19-8-14(3)9-21(29)22(19)23(28)15-10-16(25)12-17(26)11-15/h4-7,10-14,23,27H,8-9H2,1-3H3. The van der Waals surface area contributed by atoms with Crippen molar-refractivity contribution in [2.75, 3.05) is 10.2 Å². The highest BCUT2D eigenvalue weighted by Crippen LogP contribution is 2.46. The first kappa shape index (κ1) is 20.3. The van der Waals surface area contributed by atoms with Crippen molar-refractivity contribution >= 4 is 23.1 Å². The van der Waals surface area contributed by atoms with Crippen molar-refractivity contribution in [2.45, 2.75) is 39.7 Å². The number of hydrogen-bond acceptors (Lipinski definition) is 3. The van der Waals surface area contributed by atoms with Crippen LogP contribution in [0.1, 0.15) is 45.2 Å². The van der Waals surface area contributed by atoms with Gasteiger partial charge in [0.25, 0.3) is 0 Å². The second-order valence-electron chi connectivity index (χ2n) is 8.44. The molecule has 1 aliphatic heterocycles. The third-order valence-electron chi connectivity index (χ3n) is 5.62. The molecule has 0 saturated heterocycles. The molecule has 4 rings (SSSR count). The van der Waals surface area contributed by atoms with Gasteiger partial charge < -0.3 is 5.32 Å². The zero-order chi connectivity index (χ0) is 21.6. The molecule has 0 bridgehead atoms. The zero-order valence-electron chi connectivity index (χ0n) is 17.2. The molecular weight excluding hydrogens is 386 g/mol. The van der Waals surface area contributed by atoms with E-state index in [0.29, 0.717) is 35.5 Å². The summed E-state index contributed by atoms with van der Waals surface area (Å²) in [6, 6.07) is 9.59. The van der Waals surface area contributed by atoms with Crippen LogP contribution in [0.25, 0.3) is 0 Å². The van der Waals surface area contributed by atoms with E-state index in [-0.39, 0.29) is 29.1 Å². The number of ketones is 1. The summed E-state index contributed by atoms with van der Waals surface area (Å²) in [6.45, 7) is 5.53. The number of nitrogens with one attached hydrogen (secondary N) is 1. The number of anilines is 2. The Morgan fingerprint density at radius 2 is 1.77 bits per heavy atom. The van der Waals surface area contributed by atoms with Gasteiger partial charge in [0.15, 0.2) is 5.78 Å². The van der Waals surface area contributed by atoms with Crippen LogP contribution >= 0.6 is 0 Å². The normalized spacial score (nSPS) is 21.1. The fraction of sp³-hybridized carbons (Fsp3) is 0.333. The highest BCUT2D eigenvalue weighted by atomic mass is 19.1. The van der Waals surface area contributed by atoms with Gasteiger partial charge in [0, 0.05) is 29.7 Å². The number of halogens is 2. The summed E-state index contributed by atoms with van der Waals surface area (Å²) in [4.78, 5) is 28.1. The number of amides is 1. The number of allylic oxidation sites excluding steroid dienone is 1. The number of rotatable bonds is 2. The van der Waals surface area contributed by atoms with Crippen LogP contribution in [0.4, 0.5) is 20.2 Å². The smallest absolute Gasteiger partial charge is 0.230 e. The number of carbonyl (C=O) groups is 2. The number of fused-ring (bicyclic) bond motifs is 1. The van der Waals surface area contributed by atoms with Gasteiger partial charge in [-0.3, -0.25) is 14.5 Å². The second-order valence-corrected chi connectivity index (χ2v) is 8.44. The maximum Gasteiger partial charge on any atom is 0.230 e. The van der Waals surface area contributed by atoms with Crippen molar-refractivity contribution in [1.29, 1.82) is 0 Å². The average Bonchev–Trinajstić information content (AvgIpc) is 2.80. The molecule has 0 fully saturated rings. The summed E-state index contributed by atoms with van der Waals surface area (Å²) in [5.41, 5.74) is 2.64. The number of hydrogen-bond donors (Lipinski definition) is 1. The molecule has 2 aromatic carbocycles. The van der Waals surface area contributed by atoms with E-state index in [4.69, 9.17) is 0 Å². The van der Waals surface area contributed by atoms with Crippen LogP contribution < -0.4 is 10.2 Å². The summed E-state index contributed by atoms with van der Waals surface area (Å²) in [5, 5.41) is 3.35. The fourth-order valence-electron chi connectivity index (χ4n) is 4.35. The van der Waals surface area contributed by atoms with Gasteiger partial charge in [-0.15, -0.1) is 0 Å². The molecule has 30 heavy (non-hydrogen) atoms. The van der Waals surface area contributed by atoms with Gasteiger partial charge in [-0.2, -0.15) is 0 Å². The van der Waals surface area contributed by atoms with Crippen molar-refractivity contribution < 1.29 is 18.4 Å². The summed E-state index contributed by atoms with van der Waals surface area (Å²) < 4.78 is 28.4. The fourth-order valence-corrected chi connectivity index (χ4v) is 4.35. The van der Waals surface area contributed by atoms with Gasteiger partial charge in [-0.05, 0) is 42.2 Å². The lowest BCUT2D eigenvalue weighted by Crippen LogP contribution is -2.40. The van der Waals surface area contributed by atoms with Crippen LogP contribution in [0.5, 0.6) is 0 Å². The van der Waals surface area contributed by atoms with E-state index >= 15 is 0 Å². The van der Waals surface area contributed by atoms with E-state index in [1.807, 2.05) is 19.1 Å². The molecule has 0 aromatic heterocycles. The summed E-state index contributed by atoms with van der Waals surface area (Å²) in [7, 11) is 0. The summed E-state index contributed by atoms with van der Waals surface area (Å²) in [5.74, 6) is -2.07. The Bertz CT molecular complexity index is 1040. The van der Waals surface area contributed by atoms with E-state index in [1.165, 1.54) is 17.0 Å². The Hall–Kier alpha value is -3.02. The van der Waals surface area contributed by atoms with Crippen molar-refractivity contribution in [1.82, 2.24) is 0 Å². The van der Waals surface area contributed by atoms with Crippen LogP contribution in [-0.4, -0.2) is 11.7 Å². The molecule has 0 saturated carbocycles. The van der Waals surface area contributed by atoms with Gasteiger partial charge in [-0.25, -0.2) is 8.78 Å². The summed E-state index contributed by atoms with van der Waals surface area (Å²) in [6.07, 6.45) is 0.947. The highest BCUT2D eigenvalue weighted by molar-refractivity contribution is 6.06. The van der Waals surface area contributed by atoms with Gasteiger partial charge in [0.1, 0.15) is 11.6 Å². The number of Topliss-reactive ketones (excluding diaryl/α,β-unsaturated/α-hetero) is 1. The van der Waals surface area contributed by atoms with Crippen LogP contribution in [-0.2, 0) is 9.59 Å². The molecule has 1 N–H and O–H groups in total. The molecule has 2 unspecified atom stereocenters. The van der Waals surface area contributed by atoms with Crippen molar-refractivity contribution in [2.24, 2.45) is 11.8 Å². The minimum absolute atomic E-state index is 0.111. The van der Waals surface area contributed by atoms with Crippen molar-refractivity contribution in [3.8, 4) is 0 Å². The van der Waals surface area contributed by atoms with E-state index in [2.05, 4.69) is 5.32 Å². The zero-order valence-corrected chi connectivity index (χ0v) is 17.2. The summed E-state index contributed by atoms with van der Waals surface area (Å²) >= 11 is 0. The third kappa shape index (κ3) is 3.51. The first-order valence-electron chi connectivity index (χ1n) is 10.2. The highest BCUT2D eigenvalue weighted by Gasteiger charge is 2.41. The topological polar surface area (TPSA) is 49.4 Å². The molecule has 2 atom stereocenters. The average molecular weight is 410 g/mol. The Labute approximate surface area is 174 Å². The van der Waals surface area contributed by atoms with Gasteiger partial charge >= 0.3 is 0 Å². The lowest BCUT2D eigenvalue weighted by Gasteiger charge is -2.35. The lowest BCUT2D eigenvalue weighted by molar-refractivity contribution is -0.121. The largest absolute Gasteiger partial charge is 0.357 e. The SMILES string of the molecule is CC1CC(=O)C2=C(C1)Nc1ccccc1N(C(=O)C(C)C)C2c1cc(F)cc(F)c1. The number of benzene rings is 2. The maximum absolute atomic E-state index is 14.2. The third-order valence-corrected chi connectivity index (χ3v) is 5.62. The Morgan fingerprint density at radius 1 is 1.10 bits per heavy atom. The molecule has 156 valence electrons. The molecule has 2 aromatic rings. The Balaban J connectivity index is 2.04. The number of carbonyl (C=O) groups excluding carboxylic acids is 2. The number of nitrogens with zero attached hydrogens (tertiary/aromatic N) is 1. The van der Waals surface area contributed by atoms with E-state index in [0.717, 1.165) is 6.07 Å². The van der Waals surface area contributed by atoms with Crippen molar-refractivity contribution in [3.63, 3.8) is 0 Å². The first-order valence-corrected chi connectivity index (χ1v) is 10.2. The minimum Gasteiger partial charge on any atom is -0.357 e. The number of para-hydroxylation sites is 2. The maximum atomic E-state index is 14.2. The molecule has 6 heteroatoms. The van der Waals surface area contributed by atoms with Gasteiger partial charge in [0.2, 0.25) is 5.91 Å². The van der Waals surface area contributed by atoms with Gasteiger partial charge in [0.05, 0.1) is 17.4 Å². The Kier molecular flexibility index (Phi) is 5.18. The van der Waals surface area contributed by atoms with E-state index < -0.39 is 17.7 Å². The quantitative estimate of drug-likeness (QED) is 0.724. The Morgan fingerprint density at radius 3 is 2.43 bits per heavy atom. The van der Waals surface area contributed by atoms with Crippen LogP contribution in [0, 0.1) is 23.5 Å². The second kappa shape index (κ2) is 7.67. The monoisotopic (exact) mass is 410 g/mol. The lowest BCUT2D eigenvalue weighted by atomic mass is 9.81. The molecule has 0 spiro atoms. The van der Waals surface area contributed by atoms with Crippen molar-refractivity contribution in [3.05, 3.63) is 70.9 Å². The van der Waals surface area contributed by atoms with E-state index in [1.54, 1.807) is 26.0 Å². The predicted molar refractivity (Wildman–Crippen MR) is 112 cm³/mol. The first-order chi connectivity index (χ1) is 14.3. The van der Waals surface area contributed by atoms with Crippen LogP contribution in [0.15, 0.2) is 53.7 Å². The minimum atomic E-state index is -0.906. The molecule has 2 aliphatic rings. The molecule has 1 amide bonds. The predicted octanol–water partition coefficient (Wildman–Crippen LogP) is 5.37. The molecular formula is C24H24F2N2O2. The van der Waals surface area contributed by atoms with Gasteiger partial charge in [-0.1, -0.05) is 32.9 Å². The molecule has 4 nitrogen and oxygen atoms in total. The molecule has 1 aliphatic carbocycles. The molecule has 0 radical (unpaired) electrons. The van der Waals surface area contributed by atoms with Crippen LogP contribution in [0.2, 0.25) is 0 Å².